The Hall–Kier alpha value is -15.4. The minimum atomic E-state index is -4.01. The number of aromatic nitrogens is 4. The number of carbonyl (C=O) groups is 2. The zero-order chi connectivity index (χ0) is 91.4. The molecule has 6 aromatic heterocycles. The lowest BCUT2D eigenvalue weighted by molar-refractivity contribution is -0.578. The number of rotatable bonds is 22. The van der Waals surface area contributed by atoms with E-state index in [2.05, 4.69) is 296 Å². The van der Waals surface area contributed by atoms with Gasteiger partial charge in [0, 0.05) is 114 Å². The number of hydrogen-bond donors (Lipinski definition) is 1. The second-order valence-electron chi connectivity index (χ2n) is 32.6. The van der Waals surface area contributed by atoms with Gasteiger partial charge in [0.25, 0.3) is 10.1 Å². The monoisotopic (exact) mass is 1780 g/mol. The van der Waals surface area contributed by atoms with E-state index in [1.165, 1.54) is 22.3 Å². The van der Waals surface area contributed by atoms with Crippen LogP contribution in [0.3, 0.4) is 0 Å². The smallest absolute Gasteiger partial charge is 0.425 e. The second kappa shape index (κ2) is 37.8. The summed E-state index contributed by atoms with van der Waals surface area (Å²) in [5.41, 5.74) is 30.3. The molecule has 0 atom stereocenters. The van der Waals surface area contributed by atoms with Crippen LogP contribution in [0, 0.1) is 13.8 Å². The fourth-order valence-electron chi connectivity index (χ4n) is 18.7. The van der Waals surface area contributed by atoms with Gasteiger partial charge in [-0.05, 0) is 239 Å². The third-order valence-electron chi connectivity index (χ3n) is 24.6. The number of ether oxygens (including phenoxy) is 6. The molecule has 4 aliphatic rings. The minimum Gasteiger partial charge on any atom is -0.494 e. The standard InChI is InChI=1S/C60H54N2O8S.C52H39N2O3.O3S/c1-5-7-34-68-45-26-20-41(21-27-45)55-39(3)51-18-10-12-32-61(51)58(55)43-24-30-49-53(37-43)70-54-38-44(25-31-50(54)57(49)47-16-8-9-17-48(47)60(63)67-6-2)59-56(40(4)52-19-11-13-33-62(52)59)42-22-28-46(29-23-42)69-35-14-15-36-71(64,65)66;1-4-56-52(55)40-22-12-11-21-39(40)49-41-27-25-37(50-47(35-17-7-5-8-18-35)33(2)43-23-13-15-29-53(43)50)31-45(41)57-46-32-38(26-28-42(46)49)51-48(36-19-9-6-10-20-36)34(3)44-24-14-16-30-54(44)51;1-4(2)3/h8-13,16-33,37-38H,5-7,14-15,34-36H2,1-4H3;5-32H,4H2,1-3H3;/q;+1;/p+1. The summed E-state index contributed by atoms with van der Waals surface area (Å²) >= 11 is 0. The van der Waals surface area contributed by atoms with Crippen molar-refractivity contribution in [2.24, 2.45) is 0 Å². The van der Waals surface area contributed by atoms with Crippen LogP contribution < -0.4 is 49.0 Å². The average Bonchev–Trinajstić information content (AvgIpc) is 1.43. The minimum absolute atomic E-state index is 0.246. The van der Waals surface area contributed by atoms with Gasteiger partial charge in [0.15, 0.2) is 12.4 Å². The van der Waals surface area contributed by atoms with Gasteiger partial charge in [-0.3, -0.25) is 4.55 Å². The molecular weight excluding hydrogens is 1690 g/mol. The molecule has 10 aromatic carbocycles. The van der Waals surface area contributed by atoms with Crippen molar-refractivity contribution < 1.29 is 72.7 Å². The fourth-order valence-corrected chi connectivity index (χ4v) is 19.3. The van der Waals surface area contributed by atoms with E-state index in [-0.39, 0.29) is 24.9 Å². The molecular formula is C112H94N4O14S2+2. The van der Waals surface area contributed by atoms with Crippen molar-refractivity contribution in [3.63, 3.8) is 0 Å². The van der Waals surface area contributed by atoms with Gasteiger partial charge in [-0.15, -0.1) is 12.6 Å². The molecule has 20 rings (SSSR count). The summed E-state index contributed by atoms with van der Waals surface area (Å²) in [6, 6.07) is 104. The topological polar surface area (TPSA) is 212 Å². The molecule has 0 unspecified atom stereocenters. The fraction of sp³-hybridized carbons (Fsp3) is 0.143. The Morgan fingerprint density at radius 3 is 1.23 bits per heavy atom. The lowest BCUT2D eigenvalue weighted by Gasteiger charge is -2.23. The van der Waals surface area contributed by atoms with Crippen molar-refractivity contribution in [3.8, 4) is 79.3 Å². The molecule has 0 amide bonds. The van der Waals surface area contributed by atoms with Gasteiger partial charge < -0.3 is 37.2 Å². The summed E-state index contributed by atoms with van der Waals surface area (Å²) in [6.45, 7) is 16.1. The summed E-state index contributed by atoms with van der Waals surface area (Å²) in [5.74, 6) is 3.19. The quantitative estimate of drug-likeness (QED) is 0.0289. The van der Waals surface area contributed by atoms with Crippen molar-refractivity contribution >= 4 is 88.5 Å². The normalized spacial score (nSPS) is 13.5. The predicted molar refractivity (Wildman–Crippen MR) is 516 cm³/mol. The van der Waals surface area contributed by atoms with Gasteiger partial charge in [0.05, 0.1) is 76.3 Å². The first-order chi connectivity index (χ1) is 64.3. The highest BCUT2D eigenvalue weighted by molar-refractivity contribution is 7.85. The van der Waals surface area contributed by atoms with Crippen LogP contribution in [0.4, 0.5) is 0 Å². The number of carbonyl (C=O) groups excluding carboxylic acids is 2. The van der Waals surface area contributed by atoms with Crippen molar-refractivity contribution in [2.75, 3.05) is 32.2 Å². The van der Waals surface area contributed by atoms with Crippen LogP contribution in [0.25, 0.3) is 101 Å². The number of pyridine rings is 4. The molecule has 0 saturated heterocycles. The van der Waals surface area contributed by atoms with E-state index in [1.54, 1.807) is 0 Å². The highest BCUT2D eigenvalue weighted by Gasteiger charge is 2.38. The van der Waals surface area contributed by atoms with E-state index in [1.807, 2.05) is 98.8 Å². The lowest BCUT2D eigenvalue weighted by Crippen LogP contribution is -2.37. The molecule has 4 aliphatic heterocycles. The van der Waals surface area contributed by atoms with Crippen LogP contribution in [0.15, 0.2) is 328 Å². The zero-order valence-electron chi connectivity index (χ0n) is 73.9. The van der Waals surface area contributed by atoms with Gasteiger partial charge >= 0.3 is 22.5 Å². The third kappa shape index (κ3) is 17.1. The second-order valence-corrected chi connectivity index (χ2v) is 34.6. The Kier molecular flexibility index (Phi) is 25.0. The van der Waals surface area contributed by atoms with Crippen LogP contribution in [0.2, 0.25) is 0 Å². The predicted octanol–water partition coefficient (Wildman–Crippen LogP) is 20.2. The van der Waals surface area contributed by atoms with E-state index in [0.29, 0.717) is 65.9 Å². The number of hydrogen-bond acceptors (Lipinski definition) is 13. The maximum Gasteiger partial charge on any atom is 0.425 e. The number of nitrogens with zero attached hydrogens (tertiary/aromatic N) is 4. The molecule has 132 heavy (non-hydrogen) atoms. The first-order valence-electron chi connectivity index (χ1n) is 44.2. The first kappa shape index (κ1) is 87.3. The number of benzene rings is 10. The zero-order valence-corrected chi connectivity index (χ0v) is 75.5. The molecule has 0 fully saturated rings. The number of unbranched alkanes of at least 4 members (excludes halogenated alkanes) is 2. The number of fused-ring (bicyclic) bond motifs is 8. The maximum atomic E-state index is 13.7. The summed E-state index contributed by atoms with van der Waals surface area (Å²) in [6.07, 6.45) is 11.3. The Labute approximate surface area is 766 Å². The highest BCUT2D eigenvalue weighted by Crippen LogP contribution is 2.48. The SMILES string of the molecule is CCCCOc1ccc(C2=C(C)c3cccc[n+]3/C2=c2/ccc3c(c2)Oc2cc(-c4c(-c5ccc(OCCCCS(=O)(=O)O)cc5)c(C)c5ccccn45)ccc2C=3c2ccccc2C(=O)OCC)cc1.CCOC(=O)c1ccccc1C1=c2cc/c(=C3\C(c4ccccc4)=C(C)c4cccc[n+]43)cc2Oc2cc(-c3c(-c4ccccc4)c(C)c4ccccn34)ccc21.O=S(=O)=O. The van der Waals surface area contributed by atoms with E-state index in [0.717, 1.165) is 174 Å². The van der Waals surface area contributed by atoms with Crippen LogP contribution >= 0.6 is 0 Å². The Morgan fingerprint density at radius 1 is 0.394 bits per heavy atom. The molecule has 1 N–H and O–H groups in total. The van der Waals surface area contributed by atoms with Crippen LogP contribution in [0.1, 0.15) is 137 Å². The van der Waals surface area contributed by atoms with Crippen molar-refractivity contribution in [1.29, 1.82) is 0 Å². The van der Waals surface area contributed by atoms with E-state index >= 15 is 0 Å². The van der Waals surface area contributed by atoms with E-state index in [4.69, 9.17) is 45.6 Å². The van der Waals surface area contributed by atoms with Crippen molar-refractivity contribution in [1.82, 2.24) is 8.80 Å². The Morgan fingerprint density at radius 2 is 0.788 bits per heavy atom. The first-order valence-corrected chi connectivity index (χ1v) is 46.8. The molecule has 10 heterocycles. The number of aryl methyl sites for hydroxylation is 2. The summed E-state index contributed by atoms with van der Waals surface area (Å²) in [7, 11) is -7.12. The average molecular weight is 1780 g/mol. The number of esters is 2. The lowest BCUT2D eigenvalue weighted by atomic mass is 9.88. The van der Waals surface area contributed by atoms with E-state index in [9.17, 15) is 18.0 Å². The molecule has 20 heteroatoms. The molecule has 0 spiro atoms. The van der Waals surface area contributed by atoms with Crippen molar-refractivity contribution in [2.45, 2.75) is 74.1 Å². The maximum absolute atomic E-state index is 13.7. The van der Waals surface area contributed by atoms with Crippen LogP contribution in [0.5, 0.6) is 34.5 Å². The molecule has 0 saturated carbocycles. The molecule has 0 bridgehead atoms. The molecule has 16 aromatic rings. The molecule has 0 radical (unpaired) electrons. The molecule has 18 nitrogen and oxygen atoms in total. The van der Waals surface area contributed by atoms with Gasteiger partial charge in [-0.25, -0.2) is 9.59 Å². The van der Waals surface area contributed by atoms with E-state index < -0.39 is 26.7 Å². The highest BCUT2D eigenvalue weighted by atomic mass is 32.2. The summed E-state index contributed by atoms with van der Waals surface area (Å²) in [5, 5.41) is 3.75. The van der Waals surface area contributed by atoms with Gasteiger partial charge in [-0.1, -0.05) is 159 Å². The van der Waals surface area contributed by atoms with Crippen LogP contribution in [-0.4, -0.2) is 78.5 Å². The molecule has 0 aliphatic carbocycles. The van der Waals surface area contributed by atoms with Gasteiger partial charge in [0.2, 0.25) is 22.8 Å². The number of allylic oxidation sites excluding steroid dienone is 4. The third-order valence-corrected chi connectivity index (χ3v) is 25.4. The largest absolute Gasteiger partial charge is 0.494 e. The van der Waals surface area contributed by atoms with Gasteiger partial charge in [0.1, 0.15) is 34.5 Å². The Balaban J connectivity index is 0.000000174. The summed E-state index contributed by atoms with van der Waals surface area (Å²) < 4.78 is 103. The van der Waals surface area contributed by atoms with Gasteiger partial charge in [-0.2, -0.15) is 17.6 Å². The van der Waals surface area contributed by atoms with Crippen molar-refractivity contribution in [3.05, 3.63) is 416 Å². The summed E-state index contributed by atoms with van der Waals surface area (Å²) in [4.78, 5) is 27.2. The Bertz CT molecular complexity index is 7890. The molecule has 656 valence electrons. The van der Waals surface area contributed by atoms with Crippen LogP contribution in [-0.2, 0) is 30.2 Å².